The Bertz CT molecular complexity index is 252. The molecule has 0 aliphatic rings. The quantitative estimate of drug-likeness (QED) is 0.830. The summed E-state index contributed by atoms with van der Waals surface area (Å²) in [5.41, 5.74) is 5.98. The van der Waals surface area contributed by atoms with E-state index in [4.69, 9.17) is 10.5 Å². The molecule has 74 valence electrons. The van der Waals surface area contributed by atoms with Crippen LogP contribution >= 0.6 is 27.3 Å². The summed E-state index contributed by atoms with van der Waals surface area (Å²) in [7, 11) is 1.72. The molecule has 0 aliphatic heterocycles. The molecule has 1 unspecified atom stereocenters. The molecule has 1 heterocycles. The molecular formula is C9H14BrNOS. The van der Waals surface area contributed by atoms with Gasteiger partial charge in [-0.3, -0.25) is 0 Å². The fourth-order valence-electron chi connectivity index (χ4n) is 1.12. The van der Waals surface area contributed by atoms with E-state index in [1.165, 1.54) is 4.88 Å². The molecule has 1 rings (SSSR count). The first kappa shape index (κ1) is 11.2. The van der Waals surface area contributed by atoms with Crippen molar-refractivity contribution in [2.45, 2.75) is 18.9 Å². The Morgan fingerprint density at radius 2 is 2.38 bits per heavy atom. The first-order valence-electron chi connectivity index (χ1n) is 4.24. The Morgan fingerprint density at radius 1 is 1.62 bits per heavy atom. The molecule has 0 fully saturated rings. The molecule has 1 aromatic heterocycles. The van der Waals surface area contributed by atoms with Crippen LogP contribution in [0.5, 0.6) is 0 Å². The van der Waals surface area contributed by atoms with Gasteiger partial charge in [-0.15, -0.1) is 11.3 Å². The van der Waals surface area contributed by atoms with Crippen LogP contribution in [-0.2, 0) is 4.74 Å². The predicted molar refractivity (Wildman–Crippen MR) is 60.1 cm³/mol. The van der Waals surface area contributed by atoms with E-state index in [0.717, 1.165) is 23.2 Å². The lowest BCUT2D eigenvalue weighted by Gasteiger charge is -2.08. The molecule has 0 bridgehead atoms. The Hall–Kier alpha value is 0.1000. The zero-order chi connectivity index (χ0) is 9.68. The van der Waals surface area contributed by atoms with E-state index in [0.29, 0.717) is 0 Å². The molecule has 4 heteroatoms. The summed E-state index contributed by atoms with van der Waals surface area (Å²) in [5.74, 6) is 0. The lowest BCUT2D eigenvalue weighted by Crippen LogP contribution is -2.09. The van der Waals surface area contributed by atoms with Crippen LogP contribution in [0.25, 0.3) is 0 Å². The van der Waals surface area contributed by atoms with Crippen LogP contribution in [0.4, 0.5) is 0 Å². The van der Waals surface area contributed by atoms with E-state index in [-0.39, 0.29) is 6.04 Å². The fourth-order valence-corrected chi connectivity index (χ4v) is 2.58. The van der Waals surface area contributed by atoms with E-state index >= 15 is 0 Å². The average Bonchev–Trinajstić information content (AvgIpc) is 2.52. The van der Waals surface area contributed by atoms with Crippen molar-refractivity contribution < 1.29 is 4.74 Å². The minimum absolute atomic E-state index is 0.159. The highest BCUT2D eigenvalue weighted by atomic mass is 79.9. The Morgan fingerprint density at radius 3 is 2.92 bits per heavy atom. The Kier molecular flexibility index (Phi) is 4.94. The zero-order valence-electron chi connectivity index (χ0n) is 7.63. The number of nitrogens with two attached hydrogens (primary N) is 1. The van der Waals surface area contributed by atoms with Gasteiger partial charge in [0, 0.05) is 24.6 Å². The molecule has 0 saturated carbocycles. The molecule has 13 heavy (non-hydrogen) atoms. The Balaban J connectivity index is 2.35. The summed E-state index contributed by atoms with van der Waals surface area (Å²) in [5, 5.41) is 0. The molecule has 0 aliphatic carbocycles. The van der Waals surface area contributed by atoms with E-state index in [2.05, 4.69) is 22.0 Å². The van der Waals surface area contributed by atoms with Crippen molar-refractivity contribution in [3.8, 4) is 0 Å². The largest absolute Gasteiger partial charge is 0.385 e. The SMILES string of the molecule is COCCCC(N)c1ccc(Br)s1. The summed E-state index contributed by atoms with van der Waals surface area (Å²) in [6.45, 7) is 0.792. The molecule has 0 amide bonds. The number of thiophene rings is 1. The number of hydrogen-bond donors (Lipinski definition) is 1. The lowest BCUT2D eigenvalue weighted by atomic mass is 10.1. The molecule has 1 atom stereocenters. The number of ether oxygens (including phenoxy) is 1. The summed E-state index contributed by atoms with van der Waals surface area (Å²) in [4.78, 5) is 1.24. The number of halogens is 1. The van der Waals surface area contributed by atoms with Gasteiger partial charge in [0.05, 0.1) is 3.79 Å². The second kappa shape index (κ2) is 5.75. The highest BCUT2D eigenvalue weighted by Crippen LogP contribution is 2.28. The minimum atomic E-state index is 0.159. The summed E-state index contributed by atoms with van der Waals surface area (Å²) in [6, 6.07) is 4.27. The smallest absolute Gasteiger partial charge is 0.0701 e. The van der Waals surface area contributed by atoms with Gasteiger partial charge in [0.1, 0.15) is 0 Å². The third kappa shape index (κ3) is 3.77. The predicted octanol–water partition coefficient (Wildman–Crippen LogP) is 2.94. The molecule has 1 aromatic rings. The molecular weight excluding hydrogens is 250 g/mol. The van der Waals surface area contributed by atoms with Crippen molar-refractivity contribution in [3.63, 3.8) is 0 Å². The van der Waals surface area contributed by atoms with Gasteiger partial charge < -0.3 is 10.5 Å². The maximum absolute atomic E-state index is 5.98. The third-order valence-corrected chi connectivity index (χ3v) is 3.58. The lowest BCUT2D eigenvalue weighted by molar-refractivity contribution is 0.190. The second-order valence-corrected chi connectivity index (χ2v) is 5.38. The van der Waals surface area contributed by atoms with Gasteiger partial charge in [-0.2, -0.15) is 0 Å². The minimum Gasteiger partial charge on any atom is -0.385 e. The van der Waals surface area contributed by atoms with Crippen LogP contribution in [0.2, 0.25) is 0 Å². The summed E-state index contributed by atoms with van der Waals surface area (Å²) in [6.07, 6.45) is 2.01. The Labute approximate surface area is 91.2 Å². The topological polar surface area (TPSA) is 35.2 Å². The first-order chi connectivity index (χ1) is 6.24. The molecule has 0 saturated heterocycles. The molecule has 2 N–H and O–H groups in total. The van der Waals surface area contributed by atoms with Crippen molar-refractivity contribution in [1.82, 2.24) is 0 Å². The van der Waals surface area contributed by atoms with Crippen molar-refractivity contribution >= 4 is 27.3 Å². The summed E-state index contributed by atoms with van der Waals surface area (Å²) >= 11 is 5.13. The molecule has 0 spiro atoms. The van der Waals surface area contributed by atoms with Crippen LogP contribution in [-0.4, -0.2) is 13.7 Å². The van der Waals surface area contributed by atoms with Crippen LogP contribution < -0.4 is 5.73 Å². The second-order valence-electron chi connectivity index (χ2n) is 2.88. The third-order valence-electron chi connectivity index (χ3n) is 1.82. The van der Waals surface area contributed by atoms with Gasteiger partial charge in [-0.25, -0.2) is 0 Å². The van der Waals surface area contributed by atoms with Crippen LogP contribution in [0, 0.1) is 0 Å². The first-order valence-corrected chi connectivity index (χ1v) is 5.84. The summed E-state index contributed by atoms with van der Waals surface area (Å²) < 4.78 is 6.12. The fraction of sp³-hybridized carbons (Fsp3) is 0.556. The highest BCUT2D eigenvalue weighted by Gasteiger charge is 2.07. The normalized spacial score (nSPS) is 13.2. The maximum Gasteiger partial charge on any atom is 0.0701 e. The molecule has 0 aromatic carbocycles. The van der Waals surface area contributed by atoms with Crippen molar-refractivity contribution in [3.05, 3.63) is 20.8 Å². The van der Waals surface area contributed by atoms with Crippen molar-refractivity contribution in [2.75, 3.05) is 13.7 Å². The number of methoxy groups -OCH3 is 1. The monoisotopic (exact) mass is 263 g/mol. The highest BCUT2D eigenvalue weighted by molar-refractivity contribution is 9.11. The van der Waals surface area contributed by atoms with Gasteiger partial charge in [-0.1, -0.05) is 0 Å². The maximum atomic E-state index is 5.98. The standard InChI is InChI=1S/C9H14BrNOS/c1-12-6-2-3-7(11)8-4-5-9(10)13-8/h4-5,7H,2-3,6,11H2,1H3. The number of rotatable bonds is 5. The van der Waals surface area contributed by atoms with E-state index in [1.54, 1.807) is 18.4 Å². The van der Waals surface area contributed by atoms with Gasteiger partial charge >= 0.3 is 0 Å². The van der Waals surface area contributed by atoms with E-state index < -0.39 is 0 Å². The van der Waals surface area contributed by atoms with E-state index in [1.807, 2.05) is 6.07 Å². The van der Waals surface area contributed by atoms with Gasteiger partial charge in [0.2, 0.25) is 0 Å². The van der Waals surface area contributed by atoms with Gasteiger partial charge in [-0.05, 0) is 40.9 Å². The van der Waals surface area contributed by atoms with Crippen molar-refractivity contribution in [2.24, 2.45) is 5.73 Å². The van der Waals surface area contributed by atoms with E-state index in [9.17, 15) is 0 Å². The van der Waals surface area contributed by atoms with Crippen molar-refractivity contribution in [1.29, 1.82) is 0 Å². The number of hydrogen-bond acceptors (Lipinski definition) is 3. The molecule has 2 nitrogen and oxygen atoms in total. The average molecular weight is 264 g/mol. The van der Waals surface area contributed by atoms with Gasteiger partial charge in [0.15, 0.2) is 0 Å². The van der Waals surface area contributed by atoms with Gasteiger partial charge in [0.25, 0.3) is 0 Å². The molecule has 0 radical (unpaired) electrons. The van der Waals surface area contributed by atoms with Crippen LogP contribution in [0.3, 0.4) is 0 Å². The zero-order valence-corrected chi connectivity index (χ0v) is 10.0. The van der Waals surface area contributed by atoms with Crippen LogP contribution in [0.15, 0.2) is 15.9 Å². The van der Waals surface area contributed by atoms with Crippen LogP contribution in [0.1, 0.15) is 23.8 Å².